The lowest BCUT2D eigenvalue weighted by Gasteiger charge is -2.09. The van der Waals surface area contributed by atoms with Gasteiger partial charge in [0.05, 0.1) is 16.7 Å². The maximum Gasteiger partial charge on any atom is 0.205 e. The monoisotopic (exact) mass is 383 g/mol. The molecule has 0 saturated carbocycles. The van der Waals surface area contributed by atoms with Crippen LogP contribution in [-0.2, 0) is 0 Å². The van der Waals surface area contributed by atoms with Gasteiger partial charge in [-0.3, -0.25) is 4.57 Å². The molecule has 96 valence electrons. The number of rotatable bonds is 1. The molecule has 0 aliphatic heterocycles. The minimum atomic E-state index is -0.320. The topological polar surface area (TPSA) is 43.8 Å². The second kappa shape index (κ2) is 4.61. The lowest BCUT2D eigenvalue weighted by atomic mass is 10.2. The van der Waals surface area contributed by atoms with Crippen molar-refractivity contribution in [1.82, 2.24) is 9.55 Å². The SMILES string of the molecule is Nc1nc2ccc(F)cc2n1-c1cc(Br)ccc1Br. The molecule has 0 spiro atoms. The molecule has 0 bridgehead atoms. The predicted molar refractivity (Wildman–Crippen MR) is 80.8 cm³/mol. The molecule has 19 heavy (non-hydrogen) atoms. The van der Waals surface area contributed by atoms with E-state index in [0.29, 0.717) is 17.0 Å². The first kappa shape index (κ1) is 12.6. The Hall–Kier alpha value is -1.40. The van der Waals surface area contributed by atoms with Gasteiger partial charge in [-0.25, -0.2) is 9.37 Å². The molecule has 6 heteroatoms. The molecule has 0 aliphatic rings. The van der Waals surface area contributed by atoms with Crippen molar-refractivity contribution in [3.63, 3.8) is 0 Å². The van der Waals surface area contributed by atoms with Crippen LogP contribution in [0.25, 0.3) is 16.7 Å². The van der Waals surface area contributed by atoms with Crippen LogP contribution < -0.4 is 5.73 Å². The summed E-state index contributed by atoms with van der Waals surface area (Å²) >= 11 is 6.89. The summed E-state index contributed by atoms with van der Waals surface area (Å²) in [7, 11) is 0. The third-order valence-electron chi connectivity index (χ3n) is 2.79. The summed E-state index contributed by atoms with van der Waals surface area (Å²) < 4.78 is 16.9. The van der Waals surface area contributed by atoms with Crippen molar-refractivity contribution >= 4 is 48.8 Å². The second-order valence-corrected chi connectivity index (χ2v) is 5.80. The smallest absolute Gasteiger partial charge is 0.205 e. The van der Waals surface area contributed by atoms with E-state index < -0.39 is 0 Å². The number of benzene rings is 2. The number of nitrogens with zero attached hydrogens (tertiary/aromatic N) is 2. The molecule has 3 aromatic rings. The lowest BCUT2D eigenvalue weighted by molar-refractivity contribution is 0.629. The van der Waals surface area contributed by atoms with Crippen LogP contribution in [0.5, 0.6) is 0 Å². The number of fused-ring (bicyclic) bond motifs is 1. The highest BCUT2D eigenvalue weighted by atomic mass is 79.9. The van der Waals surface area contributed by atoms with Crippen LogP contribution in [0.4, 0.5) is 10.3 Å². The number of nitrogens with two attached hydrogens (primary N) is 1. The molecule has 0 fully saturated rings. The molecule has 0 unspecified atom stereocenters. The fraction of sp³-hybridized carbons (Fsp3) is 0. The van der Waals surface area contributed by atoms with Crippen LogP contribution in [0.3, 0.4) is 0 Å². The second-order valence-electron chi connectivity index (χ2n) is 4.03. The standard InChI is InChI=1S/C13H8Br2FN3/c14-7-1-3-9(15)11(5-7)19-12-6-8(16)2-4-10(12)18-13(19)17/h1-6H,(H2,17,18). The summed E-state index contributed by atoms with van der Waals surface area (Å²) in [6.45, 7) is 0. The number of hydrogen-bond acceptors (Lipinski definition) is 2. The normalized spacial score (nSPS) is 11.1. The van der Waals surface area contributed by atoms with E-state index in [4.69, 9.17) is 5.73 Å². The number of aromatic nitrogens is 2. The van der Waals surface area contributed by atoms with Crippen LogP contribution in [0.1, 0.15) is 0 Å². The number of anilines is 1. The average Bonchev–Trinajstić information content (AvgIpc) is 2.68. The minimum Gasteiger partial charge on any atom is -0.369 e. The van der Waals surface area contributed by atoms with Crippen molar-refractivity contribution in [1.29, 1.82) is 0 Å². The van der Waals surface area contributed by atoms with Crippen LogP contribution >= 0.6 is 31.9 Å². The van der Waals surface area contributed by atoms with Gasteiger partial charge in [-0.2, -0.15) is 0 Å². The Balaban J connectivity index is 2.38. The van der Waals surface area contributed by atoms with Crippen LogP contribution in [0, 0.1) is 5.82 Å². The molecule has 1 aromatic heterocycles. The first-order chi connectivity index (χ1) is 9.06. The molecule has 3 rings (SSSR count). The Labute approximate surface area is 125 Å². The van der Waals surface area contributed by atoms with Gasteiger partial charge in [-0.05, 0) is 46.3 Å². The maximum atomic E-state index is 13.4. The van der Waals surface area contributed by atoms with Gasteiger partial charge in [0.2, 0.25) is 5.95 Å². The Kier molecular flexibility index (Phi) is 3.06. The third-order valence-corrected chi connectivity index (χ3v) is 3.96. The lowest BCUT2D eigenvalue weighted by Crippen LogP contribution is -2.01. The number of nitrogen functional groups attached to an aromatic ring is 1. The van der Waals surface area contributed by atoms with E-state index in [0.717, 1.165) is 14.6 Å². The van der Waals surface area contributed by atoms with Crippen molar-refractivity contribution in [2.45, 2.75) is 0 Å². The third kappa shape index (κ3) is 2.15. The molecule has 0 radical (unpaired) electrons. The zero-order valence-electron chi connectivity index (χ0n) is 9.57. The van der Waals surface area contributed by atoms with E-state index in [1.54, 1.807) is 10.6 Å². The van der Waals surface area contributed by atoms with Gasteiger partial charge >= 0.3 is 0 Å². The van der Waals surface area contributed by atoms with Crippen LogP contribution in [0.2, 0.25) is 0 Å². The van der Waals surface area contributed by atoms with Crippen molar-refractivity contribution < 1.29 is 4.39 Å². The van der Waals surface area contributed by atoms with Crippen molar-refractivity contribution in [2.24, 2.45) is 0 Å². The van der Waals surface area contributed by atoms with Gasteiger partial charge in [0.25, 0.3) is 0 Å². The summed E-state index contributed by atoms with van der Waals surface area (Å²) in [5.74, 6) is -0.000769. The Morgan fingerprint density at radius 1 is 1.11 bits per heavy atom. The van der Waals surface area contributed by atoms with Gasteiger partial charge in [-0.1, -0.05) is 15.9 Å². The molecule has 1 heterocycles. The highest BCUT2D eigenvalue weighted by Gasteiger charge is 2.13. The van der Waals surface area contributed by atoms with Gasteiger partial charge < -0.3 is 5.73 Å². The molecular weight excluding hydrogens is 377 g/mol. The maximum absolute atomic E-state index is 13.4. The Bertz CT molecular complexity index is 783. The molecule has 2 aromatic carbocycles. The van der Waals surface area contributed by atoms with Crippen molar-refractivity contribution in [3.8, 4) is 5.69 Å². The fourth-order valence-electron chi connectivity index (χ4n) is 1.98. The zero-order chi connectivity index (χ0) is 13.6. The minimum absolute atomic E-state index is 0.319. The van der Waals surface area contributed by atoms with Crippen LogP contribution in [-0.4, -0.2) is 9.55 Å². The molecule has 0 aliphatic carbocycles. The largest absolute Gasteiger partial charge is 0.369 e. The van der Waals surface area contributed by atoms with Crippen molar-refractivity contribution in [2.75, 3.05) is 5.73 Å². The first-order valence-electron chi connectivity index (χ1n) is 5.45. The number of halogens is 3. The fourth-order valence-corrected chi connectivity index (χ4v) is 2.75. The molecular formula is C13H8Br2FN3. The van der Waals surface area contributed by atoms with E-state index in [9.17, 15) is 4.39 Å². The summed E-state index contributed by atoms with van der Waals surface area (Å²) in [4.78, 5) is 4.24. The van der Waals surface area contributed by atoms with E-state index in [1.165, 1.54) is 12.1 Å². The molecule has 0 atom stereocenters. The summed E-state index contributed by atoms with van der Waals surface area (Å²) in [5.41, 5.74) is 8.05. The number of hydrogen-bond donors (Lipinski definition) is 1. The van der Waals surface area contributed by atoms with E-state index in [-0.39, 0.29) is 5.82 Å². The van der Waals surface area contributed by atoms with E-state index >= 15 is 0 Å². The predicted octanol–water partition coefficient (Wildman–Crippen LogP) is 4.27. The zero-order valence-corrected chi connectivity index (χ0v) is 12.7. The van der Waals surface area contributed by atoms with Crippen molar-refractivity contribution in [3.05, 3.63) is 51.2 Å². The van der Waals surface area contributed by atoms with Gasteiger partial charge in [0, 0.05) is 15.0 Å². The first-order valence-corrected chi connectivity index (χ1v) is 7.04. The van der Waals surface area contributed by atoms with E-state index in [1.807, 2.05) is 18.2 Å². The quantitative estimate of drug-likeness (QED) is 0.680. The van der Waals surface area contributed by atoms with Gasteiger partial charge in [-0.15, -0.1) is 0 Å². The number of imidazole rings is 1. The highest BCUT2D eigenvalue weighted by Crippen LogP contribution is 2.30. The Morgan fingerprint density at radius 2 is 1.89 bits per heavy atom. The molecule has 0 saturated heterocycles. The molecule has 0 amide bonds. The summed E-state index contributed by atoms with van der Waals surface area (Å²) in [5, 5.41) is 0. The van der Waals surface area contributed by atoms with Gasteiger partial charge in [0.15, 0.2) is 0 Å². The molecule has 2 N–H and O–H groups in total. The summed E-state index contributed by atoms with van der Waals surface area (Å²) in [6, 6.07) is 10.1. The Morgan fingerprint density at radius 3 is 2.68 bits per heavy atom. The summed E-state index contributed by atoms with van der Waals surface area (Å²) in [6.07, 6.45) is 0. The highest BCUT2D eigenvalue weighted by molar-refractivity contribution is 9.11. The van der Waals surface area contributed by atoms with Crippen LogP contribution in [0.15, 0.2) is 45.3 Å². The average molecular weight is 385 g/mol. The van der Waals surface area contributed by atoms with E-state index in [2.05, 4.69) is 36.8 Å². The molecule has 3 nitrogen and oxygen atoms in total. The van der Waals surface area contributed by atoms with Gasteiger partial charge in [0.1, 0.15) is 5.82 Å².